The molecule has 0 aromatic carbocycles. The number of nitrogen functional groups attached to an aromatic ring is 1. The summed E-state index contributed by atoms with van der Waals surface area (Å²) in [7, 11) is 1.80. The predicted octanol–water partition coefficient (Wildman–Crippen LogP) is 1.87. The second-order valence-corrected chi connectivity index (χ2v) is 4.47. The fourth-order valence-corrected chi connectivity index (χ4v) is 1.91. The zero-order valence-electron chi connectivity index (χ0n) is 10.6. The number of hydrogen-bond donors (Lipinski definition) is 2. The van der Waals surface area contributed by atoms with Crippen LogP contribution < -0.4 is 11.1 Å². The monoisotopic (exact) mass is 279 g/mol. The van der Waals surface area contributed by atoms with Gasteiger partial charge in [0.25, 0.3) is 5.91 Å². The van der Waals surface area contributed by atoms with Gasteiger partial charge in [-0.25, -0.2) is 4.98 Å². The Kier molecular flexibility index (Phi) is 3.71. The van der Waals surface area contributed by atoms with Crippen LogP contribution in [0.1, 0.15) is 23.0 Å². The van der Waals surface area contributed by atoms with E-state index in [4.69, 9.17) is 17.3 Å². The van der Waals surface area contributed by atoms with Crippen LogP contribution in [0.4, 0.5) is 11.5 Å². The third-order valence-corrected chi connectivity index (χ3v) is 2.91. The Morgan fingerprint density at radius 2 is 2.32 bits per heavy atom. The number of aryl methyl sites for hydroxylation is 2. The van der Waals surface area contributed by atoms with Crippen molar-refractivity contribution in [2.24, 2.45) is 7.05 Å². The highest BCUT2D eigenvalue weighted by molar-refractivity contribution is 6.34. The van der Waals surface area contributed by atoms with Crippen molar-refractivity contribution in [1.29, 1.82) is 0 Å². The lowest BCUT2D eigenvalue weighted by molar-refractivity contribution is 0.102. The van der Waals surface area contributed by atoms with Gasteiger partial charge in [0.1, 0.15) is 5.82 Å². The summed E-state index contributed by atoms with van der Waals surface area (Å²) < 4.78 is 1.65. The van der Waals surface area contributed by atoms with Crippen LogP contribution in [-0.2, 0) is 13.5 Å². The van der Waals surface area contributed by atoms with Gasteiger partial charge in [0.2, 0.25) is 0 Å². The number of nitrogens with one attached hydrogen (secondary N) is 1. The first-order valence-corrected chi connectivity index (χ1v) is 6.14. The number of pyridine rings is 1. The highest BCUT2D eigenvalue weighted by atomic mass is 35.5. The number of carbonyl (C=O) groups is 1. The van der Waals surface area contributed by atoms with Crippen LogP contribution >= 0.6 is 11.6 Å². The van der Waals surface area contributed by atoms with Gasteiger partial charge in [0, 0.05) is 19.4 Å². The van der Waals surface area contributed by atoms with E-state index in [1.807, 2.05) is 6.92 Å². The lowest BCUT2D eigenvalue weighted by Gasteiger charge is -2.06. The molecule has 0 aliphatic heterocycles. The average Bonchev–Trinajstić information content (AvgIpc) is 2.72. The molecule has 0 aliphatic rings. The van der Waals surface area contributed by atoms with Gasteiger partial charge >= 0.3 is 0 Å². The van der Waals surface area contributed by atoms with Crippen molar-refractivity contribution in [3.05, 3.63) is 34.7 Å². The third-order valence-electron chi connectivity index (χ3n) is 2.61. The normalized spacial score (nSPS) is 10.5. The molecule has 0 aliphatic carbocycles. The maximum Gasteiger partial charge on any atom is 0.257 e. The van der Waals surface area contributed by atoms with E-state index < -0.39 is 0 Å². The molecule has 0 radical (unpaired) electrons. The highest BCUT2D eigenvalue weighted by Gasteiger charge is 2.14. The largest absolute Gasteiger partial charge is 0.384 e. The predicted molar refractivity (Wildman–Crippen MR) is 74.2 cm³/mol. The van der Waals surface area contributed by atoms with Gasteiger partial charge in [-0.3, -0.25) is 9.48 Å². The van der Waals surface area contributed by atoms with Crippen LogP contribution in [0.5, 0.6) is 0 Å². The molecule has 1 amide bonds. The number of nitrogens with zero attached hydrogens (tertiary/aromatic N) is 3. The zero-order chi connectivity index (χ0) is 14.0. The molecule has 0 saturated carbocycles. The van der Waals surface area contributed by atoms with Crippen LogP contribution in [0.25, 0.3) is 0 Å². The van der Waals surface area contributed by atoms with Crippen molar-refractivity contribution in [2.75, 3.05) is 11.1 Å². The standard InChI is InChI=1S/C12H14ClN5O/c1-3-9-10(6-18(2)17-9)16-12(19)7-4-11(14)15-5-8(7)13/h4-6H,3H2,1-2H3,(H2,14,15)(H,16,19). The fraction of sp³-hybridized carbons (Fsp3) is 0.250. The summed E-state index contributed by atoms with van der Waals surface area (Å²) in [6.45, 7) is 1.97. The van der Waals surface area contributed by atoms with Crippen molar-refractivity contribution in [3.8, 4) is 0 Å². The van der Waals surface area contributed by atoms with Crippen molar-refractivity contribution >= 4 is 29.0 Å². The minimum atomic E-state index is -0.332. The van der Waals surface area contributed by atoms with Crippen molar-refractivity contribution in [3.63, 3.8) is 0 Å². The molecular formula is C12H14ClN5O. The summed E-state index contributed by atoms with van der Waals surface area (Å²) in [6.07, 6.45) is 3.83. The summed E-state index contributed by atoms with van der Waals surface area (Å²) in [4.78, 5) is 16.0. The minimum Gasteiger partial charge on any atom is -0.384 e. The lowest BCUT2D eigenvalue weighted by atomic mass is 10.2. The van der Waals surface area contributed by atoms with E-state index in [-0.39, 0.29) is 16.7 Å². The van der Waals surface area contributed by atoms with E-state index in [0.717, 1.165) is 12.1 Å². The van der Waals surface area contributed by atoms with Crippen molar-refractivity contribution in [1.82, 2.24) is 14.8 Å². The van der Waals surface area contributed by atoms with Crippen molar-refractivity contribution in [2.45, 2.75) is 13.3 Å². The number of amides is 1. The molecule has 6 nitrogen and oxygen atoms in total. The smallest absolute Gasteiger partial charge is 0.257 e. The molecule has 0 spiro atoms. The molecule has 100 valence electrons. The van der Waals surface area contributed by atoms with E-state index >= 15 is 0 Å². The molecule has 3 N–H and O–H groups in total. The number of carbonyl (C=O) groups excluding carboxylic acids is 1. The van der Waals surface area contributed by atoms with E-state index in [1.165, 1.54) is 12.3 Å². The summed E-state index contributed by atoms with van der Waals surface area (Å²) in [6, 6.07) is 1.44. The van der Waals surface area contributed by atoms with Gasteiger partial charge in [-0.15, -0.1) is 0 Å². The minimum absolute atomic E-state index is 0.247. The molecule has 2 heterocycles. The molecule has 0 bridgehead atoms. The van der Waals surface area contributed by atoms with Gasteiger partial charge < -0.3 is 11.1 Å². The van der Waals surface area contributed by atoms with Gasteiger partial charge in [-0.1, -0.05) is 18.5 Å². The average molecular weight is 280 g/mol. The van der Waals surface area contributed by atoms with Crippen LogP contribution in [0.15, 0.2) is 18.5 Å². The van der Waals surface area contributed by atoms with Crippen LogP contribution in [0.2, 0.25) is 5.02 Å². The van der Waals surface area contributed by atoms with Crippen LogP contribution in [0.3, 0.4) is 0 Å². The molecule has 0 fully saturated rings. The van der Waals surface area contributed by atoms with Gasteiger partial charge in [0.15, 0.2) is 0 Å². The highest BCUT2D eigenvalue weighted by Crippen LogP contribution is 2.20. The topological polar surface area (TPSA) is 85.8 Å². The number of halogens is 1. The fourth-order valence-electron chi connectivity index (χ4n) is 1.72. The van der Waals surface area contributed by atoms with Crippen LogP contribution in [-0.4, -0.2) is 20.7 Å². The van der Waals surface area contributed by atoms with E-state index in [2.05, 4.69) is 15.4 Å². The van der Waals surface area contributed by atoms with E-state index in [0.29, 0.717) is 11.3 Å². The molecule has 19 heavy (non-hydrogen) atoms. The second-order valence-electron chi connectivity index (χ2n) is 4.06. The second kappa shape index (κ2) is 5.27. The molecule has 2 aromatic heterocycles. The Balaban J connectivity index is 2.27. The summed E-state index contributed by atoms with van der Waals surface area (Å²) >= 11 is 5.94. The van der Waals surface area contributed by atoms with Gasteiger partial charge in [-0.05, 0) is 12.5 Å². The number of nitrogens with two attached hydrogens (primary N) is 1. The molecule has 2 rings (SSSR count). The summed E-state index contributed by atoms with van der Waals surface area (Å²) in [5.74, 6) is -0.0850. The Labute approximate surface area is 115 Å². The zero-order valence-corrected chi connectivity index (χ0v) is 11.4. The number of aromatic nitrogens is 3. The van der Waals surface area contributed by atoms with Crippen LogP contribution in [0, 0.1) is 0 Å². The Morgan fingerprint density at radius 3 is 3.00 bits per heavy atom. The summed E-state index contributed by atoms with van der Waals surface area (Å²) in [5, 5.41) is 7.28. The lowest BCUT2D eigenvalue weighted by Crippen LogP contribution is -2.14. The van der Waals surface area contributed by atoms with E-state index in [1.54, 1.807) is 17.9 Å². The summed E-state index contributed by atoms with van der Waals surface area (Å²) in [5.41, 5.74) is 7.33. The Bertz CT molecular complexity index is 623. The number of hydrogen-bond acceptors (Lipinski definition) is 4. The van der Waals surface area contributed by atoms with Gasteiger partial charge in [0.05, 0.1) is 22.0 Å². The third kappa shape index (κ3) is 2.85. The number of rotatable bonds is 3. The first-order valence-electron chi connectivity index (χ1n) is 5.76. The molecule has 0 unspecified atom stereocenters. The maximum atomic E-state index is 12.1. The molecule has 2 aromatic rings. The quantitative estimate of drug-likeness (QED) is 0.898. The molecule has 7 heteroatoms. The Morgan fingerprint density at radius 1 is 1.58 bits per heavy atom. The Hall–Kier alpha value is -2.08. The number of anilines is 2. The van der Waals surface area contributed by atoms with E-state index in [9.17, 15) is 4.79 Å². The maximum absolute atomic E-state index is 12.1. The molecular weight excluding hydrogens is 266 g/mol. The molecule has 0 atom stereocenters. The first-order chi connectivity index (χ1) is 9.01. The van der Waals surface area contributed by atoms with Gasteiger partial charge in [-0.2, -0.15) is 5.10 Å². The first kappa shape index (κ1) is 13.4. The molecule has 0 saturated heterocycles. The SMILES string of the molecule is CCc1nn(C)cc1NC(=O)c1cc(N)ncc1Cl. The van der Waals surface area contributed by atoms with Crippen molar-refractivity contribution < 1.29 is 4.79 Å².